The molecule has 5 nitrogen and oxygen atoms in total. The first-order chi connectivity index (χ1) is 12.6. The molecule has 2 saturated carbocycles. The van der Waals surface area contributed by atoms with Gasteiger partial charge in [-0.1, -0.05) is 31.4 Å². The zero-order chi connectivity index (χ0) is 18.4. The summed E-state index contributed by atoms with van der Waals surface area (Å²) in [6.45, 7) is 0. The summed E-state index contributed by atoms with van der Waals surface area (Å²) in [5.74, 6) is 0.806. The highest BCUT2D eigenvalue weighted by Gasteiger charge is 2.28. The number of hydrogen-bond acceptors (Lipinski definition) is 3. The third-order valence-electron chi connectivity index (χ3n) is 5.88. The number of hydrogen-bond donors (Lipinski definition) is 3. The maximum Gasteiger partial charge on any atom is 0.227 e. The van der Waals surface area contributed by atoms with Gasteiger partial charge in [-0.15, -0.1) is 12.4 Å². The Bertz CT molecular complexity index is 624. The number of halogens is 1. The van der Waals surface area contributed by atoms with Crippen LogP contribution < -0.4 is 16.4 Å². The van der Waals surface area contributed by atoms with Gasteiger partial charge in [0.1, 0.15) is 0 Å². The third-order valence-corrected chi connectivity index (χ3v) is 5.88. The van der Waals surface area contributed by atoms with Gasteiger partial charge in [0, 0.05) is 18.4 Å². The number of nitrogens with one attached hydrogen (secondary N) is 2. The molecule has 3 rings (SSSR count). The van der Waals surface area contributed by atoms with Crippen LogP contribution in [0.25, 0.3) is 0 Å². The fraction of sp³-hybridized carbons (Fsp3) is 0.619. The molecule has 150 valence electrons. The summed E-state index contributed by atoms with van der Waals surface area (Å²) in [7, 11) is 0. The second kappa shape index (κ2) is 10.5. The van der Waals surface area contributed by atoms with Gasteiger partial charge < -0.3 is 16.4 Å². The number of rotatable bonds is 5. The van der Waals surface area contributed by atoms with Gasteiger partial charge in [-0.3, -0.25) is 9.59 Å². The van der Waals surface area contributed by atoms with Crippen molar-refractivity contribution in [3.05, 3.63) is 24.3 Å². The lowest BCUT2D eigenvalue weighted by Gasteiger charge is -2.29. The van der Waals surface area contributed by atoms with Crippen LogP contribution >= 0.6 is 12.4 Å². The number of nitrogen functional groups attached to an aromatic ring is 1. The van der Waals surface area contributed by atoms with Gasteiger partial charge in [0.2, 0.25) is 11.8 Å². The quantitative estimate of drug-likeness (QED) is 0.653. The molecule has 0 atom stereocenters. The minimum Gasteiger partial charge on any atom is -0.397 e. The van der Waals surface area contributed by atoms with Crippen LogP contribution in [0.15, 0.2) is 24.3 Å². The smallest absolute Gasteiger partial charge is 0.227 e. The molecular formula is C21H32ClN3O2. The average molecular weight is 394 g/mol. The summed E-state index contributed by atoms with van der Waals surface area (Å²) in [6.07, 6.45) is 10.3. The maximum atomic E-state index is 12.5. The molecule has 0 bridgehead atoms. The Kier molecular flexibility index (Phi) is 8.42. The second-order valence-electron chi connectivity index (χ2n) is 7.90. The van der Waals surface area contributed by atoms with Gasteiger partial charge in [0.15, 0.2) is 0 Å². The fourth-order valence-corrected chi connectivity index (χ4v) is 4.29. The van der Waals surface area contributed by atoms with E-state index in [4.69, 9.17) is 5.73 Å². The number of amides is 2. The average Bonchev–Trinajstić information content (AvgIpc) is 2.65. The Balaban J connectivity index is 0.00000261. The molecule has 27 heavy (non-hydrogen) atoms. The molecule has 0 saturated heterocycles. The molecule has 2 aliphatic carbocycles. The highest BCUT2D eigenvalue weighted by atomic mass is 35.5. The van der Waals surface area contributed by atoms with Crippen LogP contribution in [0.4, 0.5) is 11.4 Å². The van der Waals surface area contributed by atoms with Crippen LogP contribution in [-0.2, 0) is 9.59 Å². The first-order valence-corrected chi connectivity index (χ1v) is 10.1. The normalized spacial score (nSPS) is 23.1. The number of carbonyl (C=O) groups is 2. The van der Waals surface area contributed by atoms with Gasteiger partial charge in [-0.05, 0) is 56.6 Å². The van der Waals surface area contributed by atoms with Crippen LogP contribution in [0.2, 0.25) is 0 Å². The molecule has 2 fully saturated rings. The number of benzene rings is 1. The highest BCUT2D eigenvalue weighted by molar-refractivity contribution is 5.95. The molecule has 1 aromatic carbocycles. The number of anilines is 2. The summed E-state index contributed by atoms with van der Waals surface area (Å²) in [5, 5.41) is 6.13. The Morgan fingerprint density at radius 1 is 0.963 bits per heavy atom. The predicted molar refractivity (Wildman–Crippen MR) is 112 cm³/mol. The van der Waals surface area contributed by atoms with Gasteiger partial charge in [-0.25, -0.2) is 0 Å². The Labute approximate surface area is 168 Å². The van der Waals surface area contributed by atoms with Crippen molar-refractivity contribution >= 4 is 35.6 Å². The lowest BCUT2D eigenvalue weighted by molar-refractivity contribution is -0.123. The van der Waals surface area contributed by atoms with E-state index in [1.165, 1.54) is 32.1 Å². The van der Waals surface area contributed by atoms with E-state index in [-0.39, 0.29) is 36.2 Å². The van der Waals surface area contributed by atoms with Crippen LogP contribution in [0, 0.1) is 11.8 Å². The van der Waals surface area contributed by atoms with E-state index in [2.05, 4.69) is 10.6 Å². The van der Waals surface area contributed by atoms with Gasteiger partial charge >= 0.3 is 0 Å². The van der Waals surface area contributed by atoms with Gasteiger partial charge in [0.05, 0.1) is 11.4 Å². The molecule has 4 N–H and O–H groups in total. The molecule has 2 amide bonds. The van der Waals surface area contributed by atoms with Crippen molar-refractivity contribution in [1.82, 2.24) is 5.32 Å². The van der Waals surface area contributed by atoms with E-state index in [1.807, 2.05) is 18.2 Å². The molecule has 0 unspecified atom stereocenters. The van der Waals surface area contributed by atoms with Crippen molar-refractivity contribution < 1.29 is 9.59 Å². The van der Waals surface area contributed by atoms with Crippen LogP contribution in [-0.4, -0.2) is 17.9 Å². The Morgan fingerprint density at radius 2 is 1.63 bits per heavy atom. The van der Waals surface area contributed by atoms with Crippen LogP contribution in [0.5, 0.6) is 0 Å². The molecule has 0 heterocycles. The Hall–Kier alpha value is -1.75. The molecule has 1 aromatic rings. The molecule has 6 heteroatoms. The van der Waals surface area contributed by atoms with E-state index in [1.54, 1.807) is 6.07 Å². The van der Waals surface area contributed by atoms with Crippen molar-refractivity contribution in [3.63, 3.8) is 0 Å². The molecule has 0 aliphatic heterocycles. The van der Waals surface area contributed by atoms with Crippen LogP contribution in [0.3, 0.4) is 0 Å². The largest absolute Gasteiger partial charge is 0.397 e. The van der Waals surface area contributed by atoms with E-state index >= 15 is 0 Å². The van der Waals surface area contributed by atoms with Gasteiger partial charge in [-0.2, -0.15) is 0 Å². The molecule has 0 aromatic heterocycles. The van der Waals surface area contributed by atoms with E-state index in [9.17, 15) is 9.59 Å². The highest BCUT2D eigenvalue weighted by Crippen LogP contribution is 2.28. The van der Waals surface area contributed by atoms with Crippen LogP contribution in [0.1, 0.15) is 64.2 Å². The molecular weight excluding hydrogens is 362 g/mol. The fourth-order valence-electron chi connectivity index (χ4n) is 4.29. The summed E-state index contributed by atoms with van der Waals surface area (Å²) in [6, 6.07) is 7.55. The SMILES string of the molecule is Cl.Nc1ccccc1NC(=O)C1CCC(NC(=O)CC2CCCCC2)CC1. The summed E-state index contributed by atoms with van der Waals surface area (Å²) >= 11 is 0. The topological polar surface area (TPSA) is 84.2 Å². The monoisotopic (exact) mass is 393 g/mol. The first-order valence-electron chi connectivity index (χ1n) is 10.1. The maximum absolute atomic E-state index is 12.5. The third kappa shape index (κ3) is 6.42. The zero-order valence-electron chi connectivity index (χ0n) is 15.9. The Morgan fingerprint density at radius 3 is 2.30 bits per heavy atom. The predicted octanol–water partition coefficient (Wildman–Crippen LogP) is 4.27. The number of nitrogens with two attached hydrogens (primary N) is 1. The van der Waals surface area contributed by atoms with Gasteiger partial charge in [0.25, 0.3) is 0 Å². The van der Waals surface area contributed by atoms with Crippen molar-refractivity contribution in [2.45, 2.75) is 70.3 Å². The lowest BCUT2D eigenvalue weighted by atomic mass is 9.84. The van der Waals surface area contributed by atoms with E-state index in [0.29, 0.717) is 23.7 Å². The van der Waals surface area contributed by atoms with E-state index < -0.39 is 0 Å². The van der Waals surface area contributed by atoms with Crippen molar-refractivity contribution in [1.29, 1.82) is 0 Å². The van der Waals surface area contributed by atoms with Crippen molar-refractivity contribution in [2.24, 2.45) is 11.8 Å². The van der Waals surface area contributed by atoms with Crippen molar-refractivity contribution in [2.75, 3.05) is 11.1 Å². The van der Waals surface area contributed by atoms with Crippen molar-refractivity contribution in [3.8, 4) is 0 Å². The standard InChI is InChI=1S/C21H31N3O2.ClH/c22-18-8-4-5-9-19(18)24-21(26)16-10-12-17(13-11-16)23-20(25)14-15-6-2-1-3-7-15;/h4-5,8-9,15-17H,1-3,6-7,10-14,22H2,(H,23,25)(H,24,26);1H. The number of para-hydroxylation sites is 2. The second-order valence-corrected chi connectivity index (χ2v) is 7.90. The van der Waals surface area contributed by atoms with E-state index in [0.717, 1.165) is 25.7 Å². The minimum atomic E-state index is 0. The summed E-state index contributed by atoms with van der Waals surface area (Å²) in [5.41, 5.74) is 7.16. The number of carbonyl (C=O) groups excluding carboxylic acids is 2. The minimum absolute atomic E-state index is 0. The molecule has 0 radical (unpaired) electrons. The molecule has 0 spiro atoms. The zero-order valence-corrected chi connectivity index (χ0v) is 16.7. The first kappa shape index (κ1) is 21.5. The molecule has 2 aliphatic rings. The summed E-state index contributed by atoms with van der Waals surface area (Å²) in [4.78, 5) is 24.7. The summed E-state index contributed by atoms with van der Waals surface area (Å²) < 4.78 is 0. The lowest BCUT2D eigenvalue weighted by Crippen LogP contribution is -2.40.